The maximum Gasteiger partial charge on any atom is 0.0713 e. The summed E-state index contributed by atoms with van der Waals surface area (Å²) in [6.07, 6.45) is 2.73. The molecule has 0 spiro atoms. The Labute approximate surface area is 129 Å². The van der Waals surface area contributed by atoms with Crippen molar-refractivity contribution in [1.82, 2.24) is 10.2 Å². The number of nitrogens with one attached hydrogen (secondary N) is 1. The smallest absolute Gasteiger partial charge is 0.0713 e. The lowest BCUT2D eigenvalue weighted by Crippen LogP contribution is -2.44. The van der Waals surface area contributed by atoms with Gasteiger partial charge in [0.15, 0.2) is 0 Å². The molecule has 3 nitrogen and oxygen atoms in total. The van der Waals surface area contributed by atoms with Crippen LogP contribution in [0.15, 0.2) is 24.3 Å². The molecular formula is C18H30N2O. The SMILES string of the molecule is COCc1ccc(CNCC(C(C)C)N2CCCC2)cc1. The molecular weight excluding hydrogens is 260 g/mol. The molecule has 3 heteroatoms. The lowest BCUT2D eigenvalue weighted by molar-refractivity contribution is 0.184. The van der Waals surface area contributed by atoms with Crippen LogP contribution in [-0.4, -0.2) is 37.7 Å². The molecule has 1 unspecified atom stereocenters. The molecule has 1 fully saturated rings. The Balaban J connectivity index is 1.78. The molecule has 0 aromatic heterocycles. The van der Waals surface area contributed by atoms with Crippen molar-refractivity contribution >= 4 is 0 Å². The van der Waals surface area contributed by atoms with Gasteiger partial charge in [-0.05, 0) is 43.0 Å². The third-order valence-electron chi connectivity index (χ3n) is 4.40. The second kappa shape index (κ2) is 8.52. The molecule has 0 saturated carbocycles. The summed E-state index contributed by atoms with van der Waals surface area (Å²) >= 11 is 0. The number of hydrogen-bond donors (Lipinski definition) is 1. The summed E-state index contributed by atoms with van der Waals surface area (Å²) < 4.78 is 5.14. The van der Waals surface area contributed by atoms with E-state index in [2.05, 4.69) is 48.3 Å². The molecule has 1 aliphatic heterocycles. The molecule has 0 bridgehead atoms. The molecule has 1 atom stereocenters. The molecule has 21 heavy (non-hydrogen) atoms. The van der Waals surface area contributed by atoms with E-state index in [1.54, 1.807) is 7.11 Å². The fourth-order valence-corrected chi connectivity index (χ4v) is 3.14. The number of benzene rings is 1. The van der Waals surface area contributed by atoms with Crippen LogP contribution >= 0.6 is 0 Å². The van der Waals surface area contributed by atoms with Crippen molar-refractivity contribution in [3.05, 3.63) is 35.4 Å². The Hall–Kier alpha value is -0.900. The summed E-state index contributed by atoms with van der Waals surface area (Å²) in [6.45, 7) is 9.95. The van der Waals surface area contributed by atoms with Crippen molar-refractivity contribution in [2.75, 3.05) is 26.7 Å². The molecule has 1 aliphatic rings. The number of methoxy groups -OCH3 is 1. The van der Waals surface area contributed by atoms with E-state index in [0.717, 1.165) is 13.1 Å². The highest BCUT2D eigenvalue weighted by molar-refractivity contribution is 5.21. The Morgan fingerprint density at radius 2 is 1.71 bits per heavy atom. The highest BCUT2D eigenvalue weighted by Crippen LogP contribution is 2.17. The maximum atomic E-state index is 5.14. The van der Waals surface area contributed by atoms with E-state index in [-0.39, 0.29) is 0 Å². The summed E-state index contributed by atoms with van der Waals surface area (Å²) in [5, 5.41) is 3.64. The topological polar surface area (TPSA) is 24.5 Å². The summed E-state index contributed by atoms with van der Waals surface area (Å²) in [5.74, 6) is 0.708. The van der Waals surface area contributed by atoms with Crippen LogP contribution in [0.2, 0.25) is 0 Å². The van der Waals surface area contributed by atoms with Gasteiger partial charge in [-0.25, -0.2) is 0 Å². The van der Waals surface area contributed by atoms with E-state index in [1.165, 1.54) is 37.1 Å². The molecule has 0 aliphatic carbocycles. The first-order chi connectivity index (χ1) is 10.2. The van der Waals surface area contributed by atoms with Crippen LogP contribution in [0.4, 0.5) is 0 Å². The van der Waals surface area contributed by atoms with Crippen LogP contribution in [0.25, 0.3) is 0 Å². The fourth-order valence-electron chi connectivity index (χ4n) is 3.14. The number of likely N-dealkylation sites (tertiary alicyclic amines) is 1. The van der Waals surface area contributed by atoms with E-state index < -0.39 is 0 Å². The van der Waals surface area contributed by atoms with E-state index in [4.69, 9.17) is 4.74 Å². The Bertz CT molecular complexity index is 396. The minimum Gasteiger partial charge on any atom is -0.380 e. The first-order valence-electron chi connectivity index (χ1n) is 8.22. The van der Waals surface area contributed by atoms with E-state index in [9.17, 15) is 0 Å². The van der Waals surface area contributed by atoms with Gasteiger partial charge in [-0.2, -0.15) is 0 Å². The number of hydrogen-bond acceptors (Lipinski definition) is 3. The zero-order chi connectivity index (χ0) is 15.1. The van der Waals surface area contributed by atoms with Gasteiger partial charge in [-0.3, -0.25) is 4.90 Å². The third kappa shape index (κ3) is 5.10. The van der Waals surface area contributed by atoms with Crippen molar-refractivity contribution in [2.24, 2.45) is 5.92 Å². The van der Waals surface area contributed by atoms with Crippen molar-refractivity contribution in [3.63, 3.8) is 0 Å². The summed E-state index contributed by atoms with van der Waals surface area (Å²) in [4.78, 5) is 2.65. The predicted molar refractivity (Wildman–Crippen MR) is 88.3 cm³/mol. The van der Waals surface area contributed by atoms with E-state index in [0.29, 0.717) is 18.6 Å². The minimum absolute atomic E-state index is 0.667. The Kier molecular flexibility index (Phi) is 6.68. The third-order valence-corrected chi connectivity index (χ3v) is 4.40. The highest BCUT2D eigenvalue weighted by Gasteiger charge is 2.23. The zero-order valence-corrected chi connectivity index (χ0v) is 13.8. The lowest BCUT2D eigenvalue weighted by atomic mass is 10.0. The van der Waals surface area contributed by atoms with Gasteiger partial charge < -0.3 is 10.1 Å². The second-order valence-electron chi connectivity index (χ2n) is 6.43. The van der Waals surface area contributed by atoms with Crippen LogP contribution in [0.1, 0.15) is 37.8 Å². The summed E-state index contributed by atoms with van der Waals surface area (Å²) in [5.41, 5.74) is 2.58. The van der Waals surface area contributed by atoms with Gasteiger partial charge in [0.05, 0.1) is 6.61 Å². The molecule has 0 radical (unpaired) electrons. The summed E-state index contributed by atoms with van der Waals surface area (Å²) in [6, 6.07) is 9.37. The van der Waals surface area contributed by atoms with Gasteiger partial charge in [0.25, 0.3) is 0 Å². The zero-order valence-electron chi connectivity index (χ0n) is 13.8. The van der Waals surface area contributed by atoms with Crippen LogP contribution in [0.3, 0.4) is 0 Å². The van der Waals surface area contributed by atoms with Gasteiger partial charge >= 0.3 is 0 Å². The van der Waals surface area contributed by atoms with Crippen LogP contribution < -0.4 is 5.32 Å². The van der Waals surface area contributed by atoms with Crippen LogP contribution in [0.5, 0.6) is 0 Å². The summed E-state index contributed by atoms with van der Waals surface area (Å²) in [7, 11) is 1.74. The largest absolute Gasteiger partial charge is 0.380 e. The van der Waals surface area contributed by atoms with Crippen molar-refractivity contribution in [3.8, 4) is 0 Å². The Morgan fingerprint density at radius 1 is 1.10 bits per heavy atom. The number of ether oxygens (including phenoxy) is 1. The quantitative estimate of drug-likeness (QED) is 0.796. The molecule has 1 saturated heterocycles. The Morgan fingerprint density at radius 3 is 2.29 bits per heavy atom. The fraction of sp³-hybridized carbons (Fsp3) is 0.667. The average molecular weight is 290 g/mol. The molecule has 1 aromatic rings. The van der Waals surface area contributed by atoms with Gasteiger partial charge in [-0.15, -0.1) is 0 Å². The first-order valence-corrected chi connectivity index (χ1v) is 8.22. The number of nitrogens with zero attached hydrogens (tertiary/aromatic N) is 1. The normalized spacial score (nSPS) is 17.5. The van der Waals surface area contributed by atoms with Gasteiger partial charge in [0.2, 0.25) is 0 Å². The van der Waals surface area contributed by atoms with Crippen LogP contribution in [-0.2, 0) is 17.9 Å². The first kappa shape index (κ1) is 16.5. The average Bonchev–Trinajstić information content (AvgIpc) is 2.99. The highest BCUT2D eigenvalue weighted by atomic mass is 16.5. The standard InChI is InChI=1S/C18H30N2O/c1-15(2)18(20-10-4-5-11-20)13-19-12-16-6-8-17(9-7-16)14-21-3/h6-9,15,18-19H,4-5,10-14H2,1-3H3. The van der Waals surface area contributed by atoms with Gasteiger partial charge in [0, 0.05) is 26.2 Å². The molecule has 1 heterocycles. The van der Waals surface area contributed by atoms with Crippen molar-refractivity contribution in [2.45, 2.75) is 45.9 Å². The second-order valence-corrected chi connectivity index (χ2v) is 6.43. The van der Waals surface area contributed by atoms with Gasteiger partial charge in [-0.1, -0.05) is 38.1 Å². The monoisotopic (exact) mass is 290 g/mol. The van der Waals surface area contributed by atoms with E-state index >= 15 is 0 Å². The maximum absolute atomic E-state index is 5.14. The van der Waals surface area contributed by atoms with Gasteiger partial charge in [0.1, 0.15) is 0 Å². The molecule has 0 amide bonds. The molecule has 2 rings (SSSR count). The molecule has 118 valence electrons. The molecule has 1 N–H and O–H groups in total. The van der Waals surface area contributed by atoms with E-state index in [1.807, 2.05) is 0 Å². The lowest BCUT2D eigenvalue weighted by Gasteiger charge is -2.31. The number of rotatable bonds is 8. The van der Waals surface area contributed by atoms with Crippen molar-refractivity contribution in [1.29, 1.82) is 0 Å². The minimum atomic E-state index is 0.667. The molecule has 1 aromatic carbocycles. The predicted octanol–water partition coefficient (Wildman–Crippen LogP) is 3.04. The van der Waals surface area contributed by atoms with Crippen LogP contribution in [0, 0.1) is 5.92 Å². The van der Waals surface area contributed by atoms with Crippen molar-refractivity contribution < 1.29 is 4.74 Å².